The number of hydrogen-bond acceptors (Lipinski definition) is 3. The minimum atomic E-state index is 0.718. The standard InChI is InChI=1S/C9H4N4/c10-3-1-2-7-4-8-6-12-13-9(8)11-5-7/h4-6H,(H,11,12,13). The summed E-state index contributed by atoms with van der Waals surface area (Å²) in [5.74, 6) is 4.97. The van der Waals surface area contributed by atoms with Gasteiger partial charge >= 0.3 is 0 Å². The predicted molar refractivity (Wildman–Crippen MR) is 46.4 cm³/mol. The molecule has 2 heterocycles. The van der Waals surface area contributed by atoms with Crippen LogP contribution in [0.25, 0.3) is 11.0 Å². The fourth-order valence-corrected chi connectivity index (χ4v) is 1.01. The molecule has 0 bridgehead atoms. The highest BCUT2D eigenvalue weighted by molar-refractivity contribution is 5.75. The third-order valence-corrected chi connectivity index (χ3v) is 1.55. The molecule has 2 aromatic heterocycles. The van der Waals surface area contributed by atoms with Crippen LogP contribution in [-0.4, -0.2) is 15.2 Å². The maximum atomic E-state index is 8.24. The molecule has 1 N–H and O–H groups in total. The Morgan fingerprint density at radius 3 is 3.15 bits per heavy atom. The Labute approximate surface area is 74.2 Å². The topological polar surface area (TPSA) is 65.4 Å². The van der Waals surface area contributed by atoms with E-state index in [4.69, 9.17) is 5.26 Å². The van der Waals surface area contributed by atoms with Crippen LogP contribution in [-0.2, 0) is 0 Å². The zero-order chi connectivity index (χ0) is 9.10. The van der Waals surface area contributed by atoms with E-state index >= 15 is 0 Å². The molecule has 2 aromatic rings. The Bertz CT molecular complexity index is 536. The van der Waals surface area contributed by atoms with E-state index < -0.39 is 0 Å². The molecular weight excluding hydrogens is 164 g/mol. The molecule has 0 unspecified atom stereocenters. The van der Waals surface area contributed by atoms with Crippen LogP contribution in [0.4, 0.5) is 0 Å². The molecule has 4 heteroatoms. The van der Waals surface area contributed by atoms with Crippen molar-refractivity contribution in [2.24, 2.45) is 0 Å². The second-order valence-corrected chi connectivity index (χ2v) is 2.39. The van der Waals surface area contributed by atoms with Gasteiger partial charge in [0.15, 0.2) is 11.7 Å². The lowest BCUT2D eigenvalue weighted by Crippen LogP contribution is -1.79. The number of H-pyrrole nitrogens is 1. The quantitative estimate of drug-likeness (QED) is 0.592. The van der Waals surface area contributed by atoms with E-state index in [-0.39, 0.29) is 0 Å². The normalized spacial score (nSPS) is 8.85. The number of nitrogens with zero attached hydrogens (tertiary/aromatic N) is 3. The molecule has 0 aliphatic rings. The first-order valence-electron chi connectivity index (χ1n) is 3.59. The number of rotatable bonds is 0. The number of fused-ring (bicyclic) bond motifs is 1. The molecular formula is C9H4N4. The van der Waals surface area contributed by atoms with Crippen LogP contribution in [0.1, 0.15) is 5.56 Å². The maximum absolute atomic E-state index is 8.24. The van der Waals surface area contributed by atoms with E-state index in [0.29, 0.717) is 0 Å². The lowest BCUT2D eigenvalue weighted by Gasteiger charge is -1.88. The summed E-state index contributed by atoms with van der Waals surface area (Å²) in [4.78, 5) is 4.06. The molecule has 0 aliphatic carbocycles. The van der Waals surface area contributed by atoms with Crippen molar-refractivity contribution in [1.29, 1.82) is 5.26 Å². The molecule has 0 spiro atoms. The van der Waals surface area contributed by atoms with Gasteiger partial charge in [0.05, 0.1) is 6.20 Å². The number of aromatic nitrogens is 3. The highest BCUT2D eigenvalue weighted by atomic mass is 15.1. The van der Waals surface area contributed by atoms with E-state index in [2.05, 4.69) is 27.0 Å². The third-order valence-electron chi connectivity index (χ3n) is 1.55. The molecule has 0 radical (unpaired) electrons. The predicted octanol–water partition coefficient (Wildman–Crippen LogP) is 0.833. The van der Waals surface area contributed by atoms with Gasteiger partial charge in [0.25, 0.3) is 0 Å². The molecule has 4 nitrogen and oxygen atoms in total. The Hall–Kier alpha value is -2.33. The zero-order valence-corrected chi connectivity index (χ0v) is 6.57. The van der Waals surface area contributed by atoms with Crippen LogP contribution in [0.3, 0.4) is 0 Å². The molecule has 0 amide bonds. The van der Waals surface area contributed by atoms with Gasteiger partial charge in [-0.15, -0.1) is 0 Å². The maximum Gasteiger partial charge on any atom is 0.155 e. The van der Waals surface area contributed by atoms with Gasteiger partial charge in [-0.3, -0.25) is 5.10 Å². The monoisotopic (exact) mass is 168 g/mol. The van der Waals surface area contributed by atoms with Crippen molar-refractivity contribution < 1.29 is 0 Å². The van der Waals surface area contributed by atoms with Crippen LogP contribution >= 0.6 is 0 Å². The van der Waals surface area contributed by atoms with Crippen LogP contribution in [0.15, 0.2) is 18.5 Å². The molecule has 0 atom stereocenters. The molecule has 0 fully saturated rings. The second kappa shape index (κ2) is 2.96. The average molecular weight is 168 g/mol. The number of nitriles is 1. The van der Waals surface area contributed by atoms with E-state index in [1.54, 1.807) is 18.5 Å². The average Bonchev–Trinajstić information content (AvgIpc) is 2.61. The molecule has 0 saturated heterocycles. The molecule has 0 aromatic carbocycles. The lowest BCUT2D eigenvalue weighted by molar-refractivity contribution is 1.10. The van der Waals surface area contributed by atoms with Gasteiger partial charge in [-0.25, -0.2) is 4.98 Å². The third kappa shape index (κ3) is 1.33. The van der Waals surface area contributed by atoms with Crippen molar-refractivity contribution in [3.8, 4) is 17.9 Å². The first kappa shape index (κ1) is 7.33. The number of pyridine rings is 1. The smallest absolute Gasteiger partial charge is 0.155 e. The minimum Gasteiger partial charge on any atom is -0.261 e. The Morgan fingerprint density at radius 2 is 2.31 bits per heavy atom. The summed E-state index contributed by atoms with van der Waals surface area (Å²) in [6.45, 7) is 0. The van der Waals surface area contributed by atoms with Gasteiger partial charge in [0.1, 0.15) is 0 Å². The lowest BCUT2D eigenvalue weighted by atomic mass is 10.2. The van der Waals surface area contributed by atoms with Gasteiger partial charge in [-0.2, -0.15) is 10.4 Å². The fourth-order valence-electron chi connectivity index (χ4n) is 1.01. The Kier molecular flexibility index (Phi) is 1.67. The molecule has 0 saturated carbocycles. The second-order valence-electron chi connectivity index (χ2n) is 2.39. The number of hydrogen-bond donors (Lipinski definition) is 1. The highest BCUT2D eigenvalue weighted by Gasteiger charge is 1.95. The molecule has 0 aliphatic heterocycles. The summed E-state index contributed by atoms with van der Waals surface area (Å²) in [5, 5.41) is 15.7. The largest absolute Gasteiger partial charge is 0.261 e. The minimum absolute atomic E-state index is 0.718. The highest BCUT2D eigenvalue weighted by Crippen LogP contribution is 2.08. The van der Waals surface area contributed by atoms with E-state index in [9.17, 15) is 0 Å². The van der Waals surface area contributed by atoms with Crippen molar-refractivity contribution in [2.45, 2.75) is 0 Å². The SMILES string of the molecule is N#CC#Cc1cnc2[nH]ncc2c1. The summed E-state index contributed by atoms with van der Waals surface area (Å²) in [6, 6.07) is 3.58. The van der Waals surface area contributed by atoms with Crippen molar-refractivity contribution in [2.75, 3.05) is 0 Å². The Balaban J connectivity index is 2.56. The van der Waals surface area contributed by atoms with Crippen molar-refractivity contribution >= 4 is 11.0 Å². The van der Waals surface area contributed by atoms with Gasteiger partial charge in [-0.05, 0) is 12.0 Å². The molecule has 60 valence electrons. The molecule has 2 rings (SSSR count). The van der Waals surface area contributed by atoms with Crippen molar-refractivity contribution in [3.05, 3.63) is 24.0 Å². The van der Waals surface area contributed by atoms with Gasteiger partial charge in [-0.1, -0.05) is 0 Å². The van der Waals surface area contributed by atoms with Crippen LogP contribution in [0, 0.1) is 23.2 Å². The Morgan fingerprint density at radius 1 is 1.38 bits per heavy atom. The summed E-state index contributed by atoms with van der Waals surface area (Å²) in [5.41, 5.74) is 1.44. The van der Waals surface area contributed by atoms with Crippen LogP contribution < -0.4 is 0 Å². The first-order valence-corrected chi connectivity index (χ1v) is 3.59. The number of nitrogens with one attached hydrogen (secondary N) is 1. The van der Waals surface area contributed by atoms with Crippen molar-refractivity contribution in [3.63, 3.8) is 0 Å². The summed E-state index contributed by atoms with van der Waals surface area (Å²) in [6.07, 6.45) is 3.27. The van der Waals surface area contributed by atoms with E-state index in [1.165, 1.54) is 0 Å². The van der Waals surface area contributed by atoms with E-state index in [1.807, 2.05) is 6.07 Å². The van der Waals surface area contributed by atoms with Crippen molar-refractivity contribution in [1.82, 2.24) is 15.2 Å². The summed E-state index contributed by atoms with van der Waals surface area (Å²) in [7, 11) is 0. The summed E-state index contributed by atoms with van der Waals surface area (Å²) >= 11 is 0. The van der Waals surface area contributed by atoms with Gasteiger partial charge in [0.2, 0.25) is 0 Å². The fraction of sp³-hybridized carbons (Fsp3) is 0. The first-order chi connectivity index (χ1) is 6.40. The van der Waals surface area contributed by atoms with Gasteiger partial charge in [0, 0.05) is 23.1 Å². The van der Waals surface area contributed by atoms with Crippen LogP contribution in [0.5, 0.6) is 0 Å². The van der Waals surface area contributed by atoms with E-state index in [0.717, 1.165) is 16.6 Å². The summed E-state index contributed by atoms with van der Waals surface area (Å²) < 4.78 is 0. The van der Waals surface area contributed by atoms with Gasteiger partial charge < -0.3 is 0 Å². The number of aromatic amines is 1. The van der Waals surface area contributed by atoms with Crippen LogP contribution in [0.2, 0.25) is 0 Å². The molecule has 13 heavy (non-hydrogen) atoms. The zero-order valence-electron chi connectivity index (χ0n) is 6.57.